The van der Waals surface area contributed by atoms with Crippen LogP contribution >= 0.6 is 0 Å². The van der Waals surface area contributed by atoms with Crippen molar-refractivity contribution in [3.63, 3.8) is 0 Å². The number of ether oxygens (including phenoxy) is 2. The normalized spacial score (nSPS) is 12.8. The van der Waals surface area contributed by atoms with Gasteiger partial charge < -0.3 is 14.8 Å². The van der Waals surface area contributed by atoms with Crippen LogP contribution in [0, 0.1) is 0 Å². The van der Waals surface area contributed by atoms with Crippen LogP contribution in [0.15, 0.2) is 0 Å². The maximum atomic E-state index is 11.8. The molecule has 0 unspecified atom stereocenters. The summed E-state index contributed by atoms with van der Waals surface area (Å²) in [4.78, 5) is 0. The quantitative estimate of drug-likeness (QED) is 0.581. The monoisotopic (exact) mass is 295 g/mol. The summed E-state index contributed by atoms with van der Waals surface area (Å²) < 4.78 is 33.2. The van der Waals surface area contributed by atoms with E-state index in [1.54, 1.807) is 27.9 Å². The Labute approximate surface area is 118 Å². The lowest BCUT2D eigenvalue weighted by Crippen LogP contribution is -2.34. The maximum Gasteiger partial charge on any atom is 0.156 e. The van der Waals surface area contributed by atoms with E-state index >= 15 is 0 Å². The van der Waals surface area contributed by atoms with Gasteiger partial charge in [-0.3, -0.25) is 0 Å². The SMILES string of the molecule is COCCOCCCCNCCS(=O)(=O)C(C)(C)C. The van der Waals surface area contributed by atoms with Gasteiger partial charge in [0.25, 0.3) is 0 Å². The van der Waals surface area contributed by atoms with Gasteiger partial charge in [-0.2, -0.15) is 0 Å². The van der Waals surface area contributed by atoms with Crippen molar-refractivity contribution in [1.82, 2.24) is 5.32 Å². The van der Waals surface area contributed by atoms with E-state index in [9.17, 15) is 8.42 Å². The fourth-order valence-corrected chi connectivity index (χ4v) is 2.36. The van der Waals surface area contributed by atoms with Crippen molar-refractivity contribution < 1.29 is 17.9 Å². The molecule has 0 aliphatic heterocycles. The topological polar surface area (TPSA) is 64.6 Å². The summed E-state index contributed by atoms with van der Waals surface area (Å²) in [6.45, 7) is 8.54. The second-order valence-corrected chi connectivity index (χ2v) is 8.36. The van der Waals surface area contributed by atoms with Crippen LogP contribution in [0.2, 0.25) is 0 Å². The molecule has 0 fully saturated rings. The van der Waals surface area contributed by atoms with Crippen LogP contribution in [-0.4, -0.2) is 58.9 Å². The van der Waals surface area contributed by atoms with E-state index in [0.29, 0.717) is 19.8 Å². The Morgan fingerprint density at radius 1 is 1.00 bits per heavy atom. The van der Waals surface area contributed by atoms with E-state index in [0.717, 1.165) is 26.0 Å². The predicted octanol–water partition coefficient (Wildman–Crippen LogP) is 1.23. The lowest BCUT2D eigenvalue weighted by atomic mass is 10.3. The van der Waals surface area contributed by atoms with Crippen LogP contribution in [0.3, 0.4) is 0 Å². The zero-order valence-electron chi connectivity index (χ0n) is 12.7. The van der Waals surface area contributed by atoms with Crippen LogP contribution in [0.4, 0.5) is 0 Å². The molecule has 19 heavy (non-hydrogen) atoms. The maximum absolute atomic E-state index is 11.8. The van der Waals surface area contributed by atoms with Crippen LogP contribution in [-0.2, 0) is 19.3 Å². The third kappa shape index (κ3) is 9.38. The Kier molecular flexibility index (Phi) is 9.60. The number of rotatable bonds is 11. The fraction of sp³-hybridized carbons (Fsp3) is 1.00. The van der Waals surface area contributed by atoms with Gasteiger partial charge in [-0.25, -0.2) is 8.42 Å². The molecule has 0 spiro atoms. The largest absolute Gasteiger partial charge is 0.382 e. The van der Waals surface area contributed by atoms with Crippen molar-refractivity contribution in [3.8, 4) is 0 Å². The Bertz CT molecular complexity index is 309. The van der Waals surface area contributed by atoms with E-state index in [1.807, 2.05) is 0 Å². The molecule has 0 radical (unpaired) electrons. The smallest absolute Gasteiger partial charge is 0.156 e. The summed E-state index contributed by atoms with van der Waals surface area (Å²) in [5, 5.41) is 3.16. The average molecular weight is 295 g/mol. The molecule has 6 heteroatoms. The molecule has 0 aliphatic rings. The molecular formula is C13H29NO4S. The van der Waals surface area contributed by atoms with Crippen LogP contribution < -0.4 is 5.32 Å². The highest BCUT2D eigenvalue weighted by Gasteiger charge is 2.27. The summed E-state index contributed by atoms with van der Waals surface area (Å²) in [7, 11) is -1.35. The van der Waals surface area contributed by atoms with E-state index < -0.39 is 14.6 Å². The first-order valence-corrected chi connectivity index (χ1v) is 8.46. The highest BCUT2D eigenvalue weighted by molar-refractivity contribution is 7.92. The van der Waals surface area contributed by atoms with Crippen LogP contribution in [0.1, 0.15) is 33.6 Å². The van der Waals surface area contributed by atoms with Gasteiger partial charge in [-0.15, -0.1) is 0 Å². The van der Waals surface area contributed by atoms with Crippen LogP contribution in [0.5, 0.6) is 0 Å². The molecule has 0 rings (SSSR count). The second-order valence-electron chi connectivity index (χ2n) is 5.49. The van der Waals surface area contributed by atoms with Gasteiger partial charge in [-0.05, 0) is 40.2 Å². The molecule has 0 aromatic carbocycles. The molecular weight excluding hydrogens is 266 g/mol. The van der Waals surface area contributed by atoms with Crippen molar-refractivity contribution in [2.24, 2.45) is 0 Å². The minimum atomic E-state index is -3.01. The Morgan fingerprint density at radius 2 is 1.68 bits per heavy atom. The van der Waals surface area contributed by atoms with Crippen molar-refractivity contribution in [1.29, 1.82) is 0 Å². The number of unbranched alkanes of at least 4 members (excludes halogenated alkanes) is 1. The van der Waals surface area contributed by atoms with Crippen LogP contribution in [0.25, 0.3) is 0 Å². The molecule has 0 amide bonds. The summed E-state index contributed by atoms with van der Waals surface area (Å²) in [6.07, 6.45) is 1.96. The first-order valence-electron chi connectivity index (χ1n) is 6.81. The number of hydrogen-bond donors (Lipinski definition) is 1. The number of methoxy groups -OCH3 is 1. The van der Waals surface area contributed by atoms with Crippen molar-refractivity contribution in [3.05, 3.63) is 0 Å². The van der Waals surface area contributed by atoms with E-state index in [-0.39, 0.29) is 5.75 Å². The molecule has 0 saturated carbocycles. The average Bonchev–Trinajstić information content (AvgIpc) is 2.30. The van der Waals surface area contributed by atoms with Gasteiger partial charge in [-0.1, -0.05) is 0 Å². The lowest BCUT2D eigenvalue weighted by Gasteiger charge is -2.19. The van der Waals surface area contributed by atoms with Crippen molar-refractivity contribution >= 4 is 9.84 Å². The summed E-state index contributed by atoms with van der Waals surface area (Å²) >= 11 is 0. The van der Waals surface area contributed by atoms with Gasteiger partial charge in [0.15, 0.2) is 9.84 Å². The fourth-order valence-electron chi connectivity index (χ4n) is 1.34. The van der Waals surface area contributed by atoms with Crippen molar-refractivity contribution in [2.45, 2.75) is 38.4 Å². The van der Waals surface area contributed by atoms with Gasteiger partial charge in [0.1, 0.15) is 0 Å². The molecule has 0 heterocycles. The lowest BCUT2D eigenvalue weighted by molar-refractivity contribution is 0.0688. The number of hydrogen-bond acceptors (Lipinski definition) is 5. The number of nitrogens with one attached hydrogen (secondary N) is 1. The highest BCUT2D eigenvalue weighted by atomic mass is 32.2. The van der Waals surface area contributed by atoms with Crippen molar-refractivity contribution in [2.75, 3.05) is 45.8 Å². The standard InChI is InChI=1S/C13H29NO4S/c1-13(2,3)19(15,16)12-8-14-7-5-6-9-18-11-10-17-4/h14H,5-12H2,1-4H3. The first-order chi connectivity index (χ1) is 8.81. The summed E-state index contributed by atoms with van der Waals surface area (Å²) in [5.74, 6) is 0.195. The molecule has 0 bridgehead atoms. The molecule has 0 aromatic heterocycles. The molecule has 0 aliphatic carbocycles. The number of sulfone groups is 1. The second kappa shape index (κ2) is 9.69. The van der Waals surface area contributed by atoms with E-state index in [4.69, 9.17) is 9.47 Å². The molecule has 0 atom stereocenters. The third-order valence-corrected chi connectivity index (χ3v) is 5.41. The molecule has 116 valence electrons. The first kappa shape index (κ1) is 18.8. The Balaban J connectivity index is 3.42. The van der Waals surface area contributed by atoms with Gasteiger partial charge >= 0.3 is 0 Å². The predicted molar refractivity (Wildman–Crippen MR) is 78.3 cm³/mol. The summed E-state index contributed by atoms with van der Waals surface area (Å²) in [6, 6.07) is 0. The van der Waals surface area contributed by atoms with E-state index in [1.165, 1.54) is 0 Å². The molecule has 0 saturated heterocycles. The van der Waals surface area contributed by atoms with Gasteiger partial charge in [0.2, 0.25) is 0 Å². The Hall–Kier alpha value is -0.170. The molecule has 5 nitrogen and oxygen atoms in total. The Morgan fingerprint density at radius 3 is 2.26 bits per heavy atom. The third-order valence-electron chi connectivity index (χ3n) is 2.80. The zero-order chi connectivity index (χ0) is 14.8. The minimum absolute atomic E-state index is 0.195. The minimum Gasteiger partial charge on any atom is -0.382 e. The molecule has 0 aromatic rings. The summed E-state index contributed by atoms with van der Waals surface area (Å²) in [5.41, 5.74) is 0. The molecule has 1 N–H and O–H groups in total. The van der Waals surface area contributed by atoms with Gasteiger partial charge in [0, 0.05) is 20.3 Å². The van der Waals surface area contributed by atoms with Gasteiger partial charge in [0.05, 0.1) is 23.7 Å². The zero-order valence-corrected chi connectivity index (χ0v) is 13.5. The van der Waals surface area contributed by atoms with E-state index in [2.05, 4.69) is 5.32 Å². The highest BCUT2D eigenvalue weighted by Crippen LogP contribution is 2.15.